The van der Waals surface area contributed by atoms with Gasteiger partial charge in [-0.1, -0.05) is 24.3 Å². The molecule has 4 rings (SSSR count). The third-order valence-corrected chi connectivity index (χ3v) is 5.71. The van der Waals surface area contributed by atoms with Gasteiger partial charge in [0, 0.05) is 19.7 Å². The van der Waals surface area contributed by atoms with Gasteiger partial charge in [-0.15, -0.1) is 11.3 Å². The van der Waals surface area contributed by atoms with Crippen LogP contribution in [-0.2, 0) is 11.3 Å². The average Bonchev–Trinajstić information content (AvgIpc) is 3.33. The maximum atomic E-state index is 12.8. The highest BCUT2D eigenvalue weighted by Gasteiger charge is 2.20. The average molecular weight is 354 g/mol. The van der Waals surface area contributed by atoms with Crippen molar-refractivity contribution in [2.24, 2.45) is 0 Å². The third kappa shape index (κ3) is 3.34. The molecule has 1 atom stereocenters. The molecule has 1 aliphatic rings. The summed E-state index contributed by atoms with van der Waals surface area (Å²) in [5.41, 5.74) is 4.32. The van der Waals surface area contributed by atoms with E-state index >= 15 is 0 Å². The van der Waals surface area contributed by atoms with E-state index in [0.717, 1.165) is 35.4 Å². The van der Waals surface area contributed by atoms with Gasteiger partial charge in [0.25, 0.3) is 5.91 Å². The van der Waals surface area contributed by atoms with Crippen molar-refractivity contribution in [3.05, 3.63) is 58.6 Å². The van der Waals surface area contributed by atoms with Crippen LogP contribution in [0.4, 0.5) is 0 Å². The monoisotopic (exact) mass is 354 g/mol. The summed E-state index contributed by atoms with van der Waals surface area (Å²) >= 11 is 1.67. The van der Waals surface area contributed by atoms with Gasteiger partial charge >= 0.3 is 0 Å². The van der Waals surface area contributed by atoms with Gasteiger partial charge in [-0.05, 0) is 48.4 Å². The summed E-state index contributed by atoms with van der Waals surface area (Å²) in [6, 6.07) is 12.4. The predicted molar refractivity (Wildman–Crippen MR) is 101 cm³/mol. The van der Waals surface area contributed by atoms with Gasteiger partial charge in [-0.25, -0.2) is 0 Å². The number of aromatic nitrogens is 1. The number of amides is 1. The smallest absolute Gasteiger partial charge is 0.268 e. The van der Waals surface area contributed by atoms with Gasteiger partial charge in [0.2, 0.25) is 0 Å². The molecule has 1 amide bonds. The number of thiophene rings is 1. The van der Waals surface area contributed by atoms with Crippen molar-refractivity contribution < 1.29 is 9.53 Å². The number of carbonyl (C=O) groups excluding carboxylic acids is 1. The molecule has 1 fully saturated rings. The lowest BCUT2D eigenvalue weighted by atomic mass is 10.1. The van der Waals surface area contributed by atoms with E-state index in [1.54, 1.807) is 11.3 Å². The molecule has 25 heavy (non-hydrogen) atoms. The number of rotatable bonds is 5. The van der Waals surface area contributed by atoms with E-state index < -0.39 is 0 Å². The van der Waals surface area contributed by atoms with Crippen LogP contribution in [0.3, 0.4) is 0 Å². The first kappa shape index (κ1) is 16.4. The fourth-order valence-corrected chi connectivity index (χ4v) is 4.22. The van der Waals surface area contributed by atoms with Crippen LogP contribution in [0.2, 0.25) is 0 Å². The van der Waals surface area contributed by atoms with Gasteiger partial charge in [-0.3, -0.25) is 4.79 Å². The number of hydrogen-bond acceptors (Lipinski definition) is 3. The van der Waals surface area contributed by atoms with E-state index in [4.69, 9.17) is 4.74 Å². The van der Waals surface area contributed by atoms with Crippen molar-refractivity contribution in [3.63, 3.8) is 0 Å². The zero-order chi connectivity index (χ0) is 17.2. The van der Waals surface area contributed by atoms with Crippen LogP contribution in [0.25, 0.3) is 10.2 Å². The van der Waals surface area contributed by atoms with Crippen molar-refractivity contribution in [3.8, 4) is 0 Å². The summed E-state index contributed by atoms with van der Waals surface area (Å²) < 4.78 is 8.88. The fourth-order valence-electron chi connectivity index (χ4n) is 3.40. The van der Waals surface area contributed by atoms with Crippen LogP contribution >= 0.6 is 11.3 Å². The number of nitrogens with one attached hydrogen (secondary N) is 1. The second kappa shape index (κ2) is 7.02. The zero-order valence-corrected chi connectivity index (χ0v) is 15.1. The van der Waals surface area contributed by atoms with Gasteiger partial charge in [-0.2, -0.15) is 0 Å². The highest BCUT2D eigenvalue weighted by atomic mass is 32.1. The standard InChI is InChI=1S/C20H22N2O2S/c1-14-5-2-3-6-15(14)13-22-17-8-10-25-19(17)11-18(22)20(23)21-12-16-7-4-9-24-16/h2-3,5-6,8,10-11,16H,4,7,9,12-13H2,1H3,(H,21,23)/t16-/m0/s1. The van der Waals surface area contributed by atoms with Crippen LogP contribution in [0.1, 0.15) is 34.5 Å². The molecule has 0 bridgehead atoms. The van der Waals surface area contributed by atoms with E-state index in [9.17, 15) is 4.79 Å². The molecule has 1 N–H and O–H groups in total. The summed E-state index contributed by atoms with van der Waals surface area (Å²) in [4.78, 5) is 12.8. The first-order chi connectivity index (χ1) is 12.2. The number of carbonyl (C=O) groups is 1. The summed E-state index contributed by atoms with van der Waals surface area (Å²) in [5, 5.41) is 5.13. The van der Waals surface area contributed by atoms with Crippen molar-refractivity contribution >= 4 is 27.5 Å². The first-order valence-electron chi connectivity index (χ1n) is 8.73. The molecule has 0 saturated carbocycles. The largest absolute Gasteiger partial charge is 0.376 e. The maximum Gasteiger partial charge on any atom is 0.268 e. The Hall–Kier alpha value is -2.11. The number of ether oxygens (including phenoxy) is 1. The molecule has 0 unspecified atom stereocenters. The van der Waals surface area contributed by atoms with Crippen molar-refractivity contribution in [1.82, 2.24) is 9.88 Å². The summed E-state index contributed by atoms with van der Waals surface area (Å²) in [7, 11) is 0. The fraction of sp³-hybridized carbons (Fsp3) is 0.350. The Kier molecular flexibility index (Phi) is 4.59. The highest BCUT2D eigenvalue weighted by molar-refractivity contribution is 7.17. The molecule has 2 aromatic heterocycles. The number of benzene rings is 1. The number of fused-ring (bicyclic) bond motifs is 1. The molecular formula is C20H22N2O2S. The van der Waals surface area contributed by atoms with Crippen LogP contribution in [0, 0.1) is 6.92 Å². The summed E-state index contributed by atoms with van der Waals surface area (Å²) in [6.07, 6.45) is 2.27. The Balaban J connectivity index is 1.60. The number of aryl methyl sites for hydroxylation is 1. The van der Waals surface area contributed by atoms with Crippen molar-refractivity contribution in [2.45, 2.75) is 32.4 Å². The third-order valence-electron chi connectivity index (χ3n) is 4.86. The quantitative estimate of drug-likeness (QED) is 0.753. The van der Waals surface area contributed by atoms with Gasteiger partial charge in [0.1, 0.15) is 5.69 Å². The Bertz CT molecular complexity index is 890. The SMILES string of the molecule is Cc1ccccc1Cn1c(C(=O)NC[C@@H]2CCCO2)cc2sccc21. The molecule has 1 aromatic carbocycles. The maximum absolute atomic E-state index is 12.8. The Morgan fingerprint density at radius 1 is 1.36 bits per heavy atom. The molecule has 1 aliphatic heterocycles. The summed E-state index contributed by atoms with van der Waals surface area (Å²) in [5.74, 6) is -0.0208. The van der Waals surface area contributed by atoms with E-state index in [-0.39, 0.29) is 12.0 Å². The second-order valence-electron chi connectivity index (χ2n) is 6.56. The molecule has 5 heteroatoms. The van der Waals surface area contributed by atoms with E-state index in [2.05, 4.69) is 40.4 Å². The molecule has 1 saturated heterocycles. The van der Waals surface area contributed by atoms with Crippen LogP contribution in [-0.4, -0.2) is 29.7 Å². The van der Waals surface area contributed by atoms with Gasteiger partial charge in [0.15, 0.2) is 0 Å². The summed E-state index contributed by atoms with van der Waals surface area (Å²) in [6.45, 7) is 4.21. The minimum absolute atomic E-state index is 0.0208. The van der Waals surface area contributed by atoms with E-state index in [1.165, 1.54) is 11.1 Å². The lowest BCUT2D eigenvalue weighted by Crippen LogP contribution is -2.33. The number of hydrogen-bond donors (Lipinski definition) is 1. The molecule has 3 aromatic rings. The molecule has 3 heterocycles. The Labute approximate surface area is 151 Å². The molecule has 0 radical (unpaired) electrons. The molecule has 0 aliphatic carbocycles. The topological polar surface area (TPSA) is 43.3 Å². The molecule has 4 nitrogen and oxygen atoms in total. The van der Waals surface area contributed by atoms with Gasteiger partial charge < -0.3 is 14.6 Å². The van der Waals surface area contributed by atoms with E-state index in [1.807, 2.05) is 18.2 Å². The lowest BCUT2D eigenvalue weighted by Gasteiger charge is -2.14. The zero-order valence-electron chi connectivity index (χ0n) is 14.3. The highest BCUT2D eigenvalue weighted by Crippen LogP contribution is 2.27. The Morgan fingerprint density at radius 2 is 2.24 bits per heavy atom. The first-order valence-corrected chi connectivity index (χ1v) is 9.61. The number of nitrogens with zero attached hydrogens (tertiary/aromatic N) is 1. The van der Waals surface area contributed by atoms with E-state index in [0.29, 0.717) is 13.1 Å². The predicted octanol–water partition coefficient (Wildman–Crippen LogP) is 3.97. The molecule has 0 spiro atoms. The molecular weight excluding hydrogens is 332 g/mol. The van der Waals surface area contributed by atoms with Crippen molar-refractivity contribution in [1.29, 1.82) is 0 Å². The van der Waals surface area contributed by atoms with Gasteiger partial charge in [0.05, 0.1) is 16.3 Å². The van der Waals surface area contributed by atoms with Crippen LogP contribution < -0.4 is 5.32 Å². The minimum Gasteiger partial charge on any atom is -0.376 e. The minimum atomic E-state index is -0.0208. The molecule has 130 valence electrons. The van der Waals surface area contributed by atoms with Crippen LogP contribution in [0.5, 0.6) is 0 Å². The van der Waals surface area contributed by atoms with Crippen LogP contribution in [0.15, 0.2) is 41.8 Å². The lowest BCUT2D eigenvalue weighted by molar-refractivity contribution is 0.0851. The second-order valence-corrected chi connectivity index (χ2v) is 7.51. The normalized spacial score (nSPS) is 17.2. The van der Waals surface area contributed by atoms with Crippen molar-refractivity contribution in [2.75, 3.05) is 13.2 Å². The Morgan fingerprint density at radius 3 is 3.04 bits per heavy atom.